The van der Waals surface area contributed by atoms with Gasteiger partial charge in [-0.1, -0.05) is 12.1 Å². The normalized spacial score (nSPS) is 16.6. The Bertz CT molecular complexity index is 613. The number of hydrogen-bond acceptors (Lipinski definition) is 3. The number of urea groups is 1. The van der Waals surface area contributed by atoms with Crippen molar-refractivity contribution in [1.29, 1.82) is 0 Å². The topological polar surface area (TPSA) is 66.5 Å². The van der Waals surface area contributed by atoms with E-state index in [0.29, 0.717) is 10.4 Å². The highest BCUT2D eigenvalue weighted by atomic mass is 32.2. The van der Waals surface area contributed by atoms with Crippen LogP contribution in [0.1, 0.15) is 5.56 Å². The van der Waals surface area contributed by atoms with Gasteiger partial charge in [-0.3, -0.25) is 0 Å². The number of halogens is 3. The Balaban J connectivity index is 2.56. The lowest BCUT2D eigenvalue weighted by molar-refractivity contribution is -0.139. The predicted molar refractivity (Wildman–Crippen MR) is 58.7 cm³/mol. The lowest BCUT2D eigenvalue weighted by Crippen LogP contribution is -2.35. The van der Waals surface area contributed by atoms with Gasteiger partial charge in [0.2, 0.25) is 0 Å². The lowest BCUT2D eigenvalue weighted by Gasteiger charge is -2.18. The molecule has 1 heterocycles. The number of carbonyl (C=O) groups excluding carboxylic acids is 1. The van der Waals surface area contributed by atoms with Gasteiger partial charge in [0.1, 0.15) is 0 Å². The van der Waals surface area contributed by atoms with E-state index >= 15 is 0 Å². The molecule has 5 nitrogen and oxygen atoms in total. The molecule has 2 rings (SSSR count). The first-order valence-electron chi connectivity index (χ1n) is 5.21. The maximum absolute atomic E-state index is 12.8. The molecule has 0 atom stereocenters. The van der Waals surface area contributed by atoms with Crippen molar-refractivity contribution in [2.45, 2.75) is 11.1 Å². The van der Waals surface area contributed by atoms with Crippen molar-refractivity contribution >= 4 is 16.1 Å². The predicted octanol–water partition coefficient (Wildman–Crippen LogP) is 1.42. The molecule has 1 N–H and O–H groups in total. The average Bonchev–Trinajstić information content (AvgIpc) is 2.75. The zero-order chi connectivity index (χ0) is 14.3. The molecule has 0 radical (unpaired) electrons. The molecule has 1 aliphatic rings. The molecule has 9 heteroatoms. The zero-order valence-electron chi connectivity index (χ0n) is 9.44. The maximum Gasteiger partial charge on any atom is 0.417 e. The largest absolute Gasteiger partial charge is 0.417 e. The summed E-state index contributed by atoms with van der Waals surface area (Å²) in [5.41, 5.74) is -1.28. The molecule has 0 saturated carbocycles. The number of rotatable bonds is 2. The van der Waals surface area contributed by atoms with Crippen molar-refractivity contribution in [3.8, 4) is 0 Å². The van der Waals surface area contributed by atoms with Gasteiger partial charge >= 0.3 is 12.2 Å². The first-order valence-corrected chi connectivity index (χ1v) is 6.65. The van der Waals surface area contributed by atoms with Crippen LogP contribution in [-0.4, -0.2) is 31.8 Å². The van der Waals surface area contributed by atoms with Crippen molar-refractivity contribution in [3.05, 3.63) is 29.8 Å². The highest BCUT2D eigenvalue weighted by Crippen LogP contribution is 2.35. The summed E-state index contributed by atoms with van der Waals surface area (Å²) in [7, 11) is -4.50. The summed E-state index contributed by atoms with van der Waals surface area (Å²) in [6.45, 7) is -0.112. The van der Waals surface area contributed by atoms with E-state index in [1.54, 1.807) is 0 Å². The molecule has 1 aromatic rings. The second kappa shape index (κ2) is 4.41. The number of benzene rings is 1. The Morgan fingerprint density at radius 2 is 1.84 bits per heavy atom. The summed E-state index contributed by atoms with van der Waals surface area (Å²) in [5, 5.41) is 2.23. The first kappa shape index (κ1) is 13.7. The maximum atomic E-state index is 12.8. The van der Waals surface area contributed by atoms with Gasteiger partial charge in [-0.15, -0.1) is 0 Å². The molecule has 0 spiro atoms. The van der Waals surface area contributed by atoms with Crippen LogP contribution in [-0.2, 0) is 16.2 Å². The Kier molecular flexibility index (Phi) is 3.17. The molecule has 0 aliphatic carbocycles. The second-order valence-corrected chi connectivity index (χ2v) is 5.63. The molecule has 104 valence electrons. The number of alkyl halides is 3. The minimum Gasteiger partial charge on any atom is -0.335 e. The Labute approximate surface area is 107 Å². The fourth-order valence-electron chi connectivity index (χ4n) is 1.73. The van der Waals surface area contributed by atoms with Crippen LogP contribution in [0.3, 0.4) is 0 Å². The van der Waals surface area contributed by atoms with E-state index in [1.165, 1.54) is 6.07 Å². The Morgan fingerprint density at radius 1 is 1.21 bits per heavy atom. The van der Waals surface area contributed by atoms with E-state index in [1.807, 2.05) is 0 Å². The van der Waals surface area contributed by atoms with Crippen LogP contribution >= 0.6 is 0 Å². The van der Waals surface area contributed by atoms with Crippen LogP contribution in [0.5, 0.6) is 0 Å². The van der Waals surface area contributed by atoms with Gasteiger partial charge in [0.15, 0.2) is 0 Å². The summed E-state index contributed by atoms with van der Waals surface area (Å²) in [6, 6.07) is 2.85. The number of nitrogens with one attached hydrogen (secondary N) is 1. The Hall–Kier alpha value is -1.77. The highest BCUT2D eigenvalue weighted by molar-refractivity contribution is 7.89. The number of carbonyl (C=O) groups is 1. The van der Waals surface area contributed by atoms with Gasteiger partial charge in [0, 0.05) is 6.54 Å². The molecule has 1 fully saturated rings. The average molecular weight is 294 g/mol. The van der Waals surface area contributed by atoms with E-state index in [4.69, 9.17) is 0 Å². The van der Waals surface area contributed by atoms with E-state index in [0.717, 1.165) is 12.1 Å². The minimum absolute atomic E-state index is 0.0756. The van der Waals surface area contributed by atoms with E-state index < -0.39 is 32.7 Å². The number of sulfonamides is 1. The fourth-order valence-corrected chi connectivity index (χ4v) is 3.29. The molecule has 2 amide bonds. The van der Waals surface area contributed by atoms with Crippen molar-refractivity contribution in [3.63, 3.8) is 0 Å². The van der Waals surface area contributed by atoms with Crippen molar-refractivity contribution in [2.24, 2.45) is 0 Å². The summed E-state index contributed by atoms with van der Waals surface area (Å²) in [4.78, 5) is 10.4. The van der Waals surface area contributed by atoms with Gasteiger partial charge in [-0.2, -0.15) is 13.2 Å². The van der Waals surface area contributed by atoms with Crippen LogP contribution in [0.25, 0.3) is 0 Å². The molecule has 0 aromatic heterocycles. The number of hydrogen-bond donors (Lipinski definition) is 1. The van der Waals surface area contributed by atoms with Gasteiger partial charge in [0.25, 0.3) is 10.0 Å². The van der Waals surface area contributed by atoms with Crippen LogP contribution in [0.2, 0.25) is 0 Å². The minimum atomic E-state index is -4.81. The summed E-state index contributed by atoms with van der Waals surface area (Å²) in [6.07, 6.45) is -4.81. The molecule has 1 saturated heterocycles. The van der Waals surface area contributed by atoms with Gasteiger partial charge < -0.3 is 5.32 Å². The van der Waals surface area contributed by atoms with Crippen molar-refractivity contribution in [2.75, 3.05) is 13.1 Å². The summed E-state index contributed by atoms with van der Waals surface area (Å²) < 4.78 is 62.9. The van der Waals surface area contributed by atoms with Gasteiger partial charge in [0.05, 0.1) is 17.0 Å². The third-order valence-corrected chi connectivity index (χ3v) is 4.42. The van der Waals surface area contributed by atoms with Gasteiger partial charge in [-0.05, 0) is 12.1 Å². The zero-order valence-corrected chi connectivity index (χ0v) is 10.3. The van der Waals surface area contributed by atoms with E-state index in [9.17, 15) is 26.4 Å². The monoisotopic (exact) mass is 294 g/mol. The molecule has 0 unspecified atom stereocenters. The quantitative estimate of drug-likeness (QED) is 0.897. The first-order chi connectivity index (χ1) is 8.74. The standard InChI is InChI=1S/C10H9F3N2O3S/c11-10(12,13)7-3-1-2-4-8(7)19(17,18)15-6-5-14-9(15)16/h1-4H,5-6H2,(H,14,16). The number of amides is 2. The molecular formula is C10H9F3N2O3S. The van der Waals surface area contributed by atoms with E-state index in [-0.39, 0.29) is 13.1 Å². The molecular weight excluding hydrogens is 285 g/mol. The van der Waals surface area contributed by atoms with Gasteiger partial charge in [-0.25, -0.2) is 17.5 Å². The summed E-state index contributed by atoms with van der Waals surface area (Å²) >= 11 is 0. The third kappa shape index (κ3) is 2.37. The molecule has 1 aromatic carbocycles. The lowest BCUT2D eigenvalue weighted by atomic mass is 10.2. The summed E-state index contributed by atoms with van der Waals surface area (Å²) in [5.74, 6) is 0. The SMILES string of the molecule is O=C1NCCN1S(=O)(=O)c1ccccc1C(F)(F)F. The van der Waals surface area contributed by atoms with Crippen LogP contribution in [0.4, 0.5) is 18.0 Å². The van der Waals surface area contributed by atoms with Crippen LogP contribution in [0, 0.1) is 0 Å². The number of nitrogens with zero attached hydrogens (tertiary/aromatic N) is 1. The Morgan fingerprint density at radius 3 is 2.37 bits per heavy atom. The third-order valence-electron chi connectivity index (χ3n) is 2.58. The highest BCUT2D eigenvalue weighted by Gasteiger charge is 2.41. The fraction of sp³-hybridized carbons (Fsp3) is 0.300. The van der Waals surface area contributed by atoms with E-state index in [2.05, 4.69) is 5.32 Å². The molecule has 0 bridgehead atoms. The van der Waals surface area contributed by atoms with Crippen molar-refractivity contribution in [1.82, 2.24) is 9.62 Å². The van der Waals surface area contributed by atoms with Crippen LogP contribution < -0.4 is 5.32 Å². The smallest absolute Gasteiger partial charge is 0.335 e. The van der Waals surface area contributed by atoms with Crippen LogP contribution in [0.15, 0.2) is 29.2 Å². The molecule has 1 aliphatic heterocycles. The van der Waals surface area contributed by atoms with Crippen molar-refractivity contribution < 1.29 is 26.4 Å². The second-order valence-electron chi connectivity index (χ2n) is 3.80. The molecule has 19 heavy (non-hydrogen) atoms.